The average molecular weight is 290 g/mol. The molecule has 0 unspecified atom stereocenters. The number of fused-ring (bicyclic) bond motifs is 1. The first-order valence-corrected chi connectivity index (χ1v) is 6.25. The van der Waals surface area contributed by atoms with Crippen molar-refractivity contribution in [3.05, 3.63) is 35.4 Å². The van der Waals surface area contributed by atoms with Crippen LogP contribution in [0.4, 0.5) is 17.2 Å². The number of nitrogens with one attached hydrogen (secondary N) is 2. The van der Waals surface area contributed by atoms with Crippen molar-refractivity contribution < 1.29 is 0 Å². The van der Waals surface area contributed by atoms with E-state index in [2.05, 4.69) is 25.3 Å². The van der Waals surface area contributed by atoms with E-state index in [1.165, 1.54) is 6.33 Å². The standard InChI is InChI=1S/C12H12ClN7/c13-7-2-1-6(8(14)9(7)15)3-16-11-10-12(18-4-17-10)20-5-19-11/h1-2,4-5H,3,14-15H2,(H2,16,17,18,19,20). The van der Waals surface area contributed by atoms with Crippen molar-refractivity contribution in [3.63, 3.8) is 0 Å². The summed E-state index contributed by atoms with van der Waals surface area (Å²) in [5, 5.41) is 3.62. The maximum atomic E-state index is 5.94. The fraction of sp³-hybridized carbons (Fsp3) is 0.0833. The van der Waals surface area contributed by atoms with Gasteiger partial charge in [0.2, 0.25) is 0 Å². The van der Waals surface area contributed by atoms with Crippen molar-refractivity contribution in [2.24, 2.45) is 0 Å². The molecule has 2 heterocycles. The van der Waals surface area contributed by atoms with E-state index in [1.807, 2.05) is 6.07 Å². The van der Waals surface area contributed by atoms with E-state index in [1.54, 1.807) is 12.4 Å². The Morgan fingerprint density at radius 1 is 1.15 bits per heavy atom. The second-order valence-corrected chi connectivity index (χ2v) is 4.62. The van der Waals surface area contributed by atoms with Gasteiger partial charge in [0, 0.05) is 6.54 Å². The van der Waals surface area contributed by atoms with Crippen LogP contribution < -0.4 is 16.8 Å². The van der Waals surface area contributed by atoms with Crippen LogP contribution in [0.3, 0.4) is 0 Å². The fourth-order valence-electron chi connectivity index (χ4n) is 1.89. The van der Waals surface area contributed by atoms with Crippen molar-refractivity contribution in [1.29, 1.82) is 0 Å². The van der Waals surface area contributed by atoms with E-state index in [9.17, 15) is 0 Å². The van der Waals surface area contributed by atoms with Crippen LogP contribution in [-0.2, 0) is 6.54 Å². The number of aromatic nitrogens is 4. The van der Waals surface area contributed by atoms with E-state index in [0.717, 1.165) is 11.1 Å². The molecule has 8 heteroatoms. The van der Waals surface area contributed by atoms with Crippen LogP contribution in [-0.4, -0.2) is 19.9 Å². The van der Waals surface area contributed by atoms with Crippen molar-refractivity contribution in [1.82, 2.24) is 19.9 Å². The predicted molar refractivity (Wildman–Crippen MR) is 79.3 cm³/mol. The molecule has 1 aromatic carbocycles. The molecule has 0 atom stereocenters. The Morgan fingerprint density at radius 3 is 2.85 bits per heavy atom. The summed E-state index contributed by atoms with van der Waals surface area (Å²) in [6, 6.07) is 3.54. The van der Waals surface area contributed by atoms with Gasteiger partial charge >= 0.3 is 0 Å². The number of rotatable bonds is 3. The highest BCUT2D eigenvalue weighted by Crippen LogP contribution is 2.28. The SMILES string of the molecule is Nc1c(Cl)ccc(CNc2ncnc3nc[nH]c23)c1N. The molecule has 0 saturated carbocycles. The molecule has 0 aliphatic carbocycles. The Kier molecular flexibility index (Phi) is 3.03. The number of H-pyrrole nitrogens is 1. The zero-order valence-electron chi connectivity index (χ0n) is 10.4. The molecule has 0 aliphatic heterocycles. The fourth-order valence-corrected chi connectivity index (χ4v) is 2.05. The van der Waals surface area contributed by atoms with Gasteiger partial charge in [-0.1, -0.05) is 17.7 Å². The summed E-state index contributed by atoms with van der Waals surface area (Å²) in [6.45, 7) is 0.471. The number of halogens is 1. The highest BCUT2D eigenvalue weighted by molar-refractivity contribution is 6.33. The Hall–Kier alpha value is -2.54. The van der Waals surface area contributed by atoms with Crippen LogP contribution in [0.1, 0.15) is 5.56 Å². The lowest BCUT2D eigenvalue weighted by Crippen LogP contribution is -2.07. The monoisotopic (exact) mass is 289 g/mol. The second kappa shape index (κ2) is 4.86. The largest absolute Gasteiger partial charge is 0.397 e. The third-order valence-corrected chi connectivity index (χ3v) is 3.32. The van der Waals surface area contributed by atoms with E-state index < -0.39 is 0 Å². The van der Waals surface area contributed by atoms with Crippen molar-refractivity contribution >= 4 is 40.0 Å². The van der Waals surface area contributed by atoms with E-state index in [0.29, 0.717) is 34.4 Å². The van der Waals surface area contributed by atoms with Gasteiger partial charge in [-0.2, -0.15) is 0 Å². The number of hydrogen-bond acceptors (Lipinski definition) is 6. The summed E-state index contributed by atoms with van der Waals surface area (Å²) in [5.41, 5.74) is 14.8. The summed E-state index contributed by atoms with van der Waals surface area (Å²) >= 11 is 5.91. The van der Waals surface area contributed by atoms with Gasteiger partial charge in [-0.15, -0.1) is 0 Å². The number of hydrogen-bond donors (Lipinski definition) is 4. The van der Waals surface area contributed by atoms with E-state index in [-0.39, 0.29) is 0 Å². The quantitative estimate of drug-likeness (QED) is 0.546. The number of anilines is 3. The van der Waals surface area contributed by atoms with Gasteiger partial charge in [0.15, 0.2) is 11.5 Å². The van der Waals surface area contributed by atoms with Gasteiger partial charge in [-0.25, -0.2) is 15.0 Å². The number of nitrogens with two attached hydrogens (primary N) is 2. The third-order valence-electron chi connectivity index (χ3n) is 2.99. The summed E-state index contributed by atoms with van der Waals surface area (Å²) in [4.78, 5) is 15.3. The van der Waals surface area contributed by atoms with Gasteiger partial charge < -0.3 is 21.8 Å². The van der Waals surface area contributed by atoms with Gasteiger partial charge in [0.25, 0.3) is 0 Å². The lowest BCUT2D eigenvalue weighted by Gasteiger charge is -2.11. The van der Waals surface area contributed by atoms with Crippen LogP contribution in [0.2, 0.25) is 5.02 Å². The van der Waals surface area contributed by atoms with Crippen molar-refractivity contribution in [2.45, 2.75) is 6.54 Å². The lowest BCUT2D eigenvalue weighted by molar-refractivity contribution is 1.10. The first kappa shape index (κ1) is 12.5. The molecule has 102 valence electrons. The summed E-state index contributed by atoms with van der Waals surface area (Å²) in [7, 11) is 0. The van der Waals surface area contributed by atoms with Gasteiger partial charge in [0.05, 0.1) is 22.7 Å². The molecule has 2 aromatic heterocycles. The molecule has 0 spiro atoms. The summed E-state index contributed by atoms with van der Waals surface area (Å²) < 4.78 is 0. The minimum atomic E-state index is 0.389. The molecule has 0 bridgehead atoms. The van der Waals surface area contributed by atoms with Crippen molar-refractivity contribution in [3.8, 4) is 0 Å². The molecular weight excluding hydrogens is 278 g/mol. The highest BCUT2D eigenvalue weighted by atomic mass is 35.5. The Balaban J connectivity index is 1.87. The number of nitrogen functional groups attached to an aromatic ring is 2. The van der Waals surface area contributed by atoms with E-state index >= 15 is 0 Å². The van der Waals surface area contributed by atoms with Crippen LogP contribution >= 0.6 is 11.6 Å². The number of imidazole rings is 1. The zero-order valence-corrected chi connectivity index (χ0v) is 11.1. The molecule has 0 radical (unpaired) electrons. The smallest absolute Gasteiger partial charge is 0.182 e. The van der Waals surface area contributed by atoms with Gasteiger partial charge in [-0.05, 0) is 11.6 Å². The number of benzene rings is 1. The molecule has 0 aliphatic rings. The molecule has 0 saturated heterocycles. The highest BCUT2D eigenvalue weighted by Gasteiger charge is 2.09. The Bertz CT molecular complexity index is 768. The van der Waals surface area contributed by atoms with Gasteiger partial charge in [0.1, 0.15) is 11.8 Å². The maximum absolute atomic E-state index is 5.94. The molecule has 6 N–H and O–H groups in total. The third kappa shape index (κ3) is 2.08. The average Bonchev–Trinajstić information content (AvgIpc) is 2.93. The molecule has 0 fully saturated rings. The zero-order chi connectivity index (χ0) is 14.1. The minimum absolute atomic E-state index is 0.389. The van der Waals surface area contributed by atoms with Crippen LogP contribution in [0.25, 0.3) is 11.2 Å². The maximum Gasteiger partial charge on any atom is 0.182 e. The minimum Gasteiger partial charge on any atom is -0.397 e. The molecule has 3 rings (SSSR count). The topological polar surface area (TPSA) is 119 Å². The predicted octanol–water partition coefficient (Wildman–Crippen LogP) is 1.78. The van der Waals surface area contributed by atoms with Crippen LogP contribution in [0.15, 0.2) is 24.8 Å². The molecule has 7 nitrogen and oxygen atoms in total. The molecule has 0 amide bonds. The Morgan fingerprint density at radius 2 is 2.00 bits per heavy atom. The summed E-state index contributed by atoms with van der Waals surface area (Å²) in [5.74, 6) is 0.653. The second-order valence-electron chi connectivity index (χ2n) is 4.21. The van der Waals surface area contributed by atoms with Crippen LogP contribution in [0.5, 0.6) is 0 Å². The Labute approximate surface area is 119 Å². The van der Waals surface area contributed by atoms with E-state index in [4.69, 9.17) is 23.1 Å². The lowest BCUT2D eigenvalue weighted by atomic mass is 10.1. The first-order chi connectivity index (χ1) is 9.66. The number of nitrogens with zero attached hydrogens (tertiary/aromatic N) is 3. The molecular formula is C12H12ClN7. The van der Waals surface area contributed by atoms with Crippen LogP contribution in [0, 0.1) is 0 Å². The normalized spacial score (nSPS) is 10.8. The first-order valence-electron chi connectivity index (χ1n) is 5.87. The molecule has 20 heavy (non-hydrogen) atoms. The molecule has 3 aromatic rings. The number of aromatic amines is 1. The van der Waals surface area contributed by atoms with Crippen molar-refractivity contribution in [2.75, 3.05) is 16.8 Å². The summed E-state index contributed by atoms with van der Waals surface area (Å²) in [6.07, 6.45) is 3.02. The van der Waals surface area contributed by atoms with Gasteiger partial charge in [-0.3, -0.25) is 0 Å².